The molecule has 2 atom stereocenters. The lowest BCUT2D eigenvalue weighted by atomic mass is 10.0. The molecule has 0 bridgehead atoms. The van der Waals surface area contributed by atoms with E-state index in [-0.39, 0.29) is 12.1 Å². The van der Waals surface area contributed by atoms with Crippen LogP contribution in [-0.2, 0) is 0 Å². The Balaban J connectivity index is 1.67. The second kappa shape index (κ2) is 8.17. The average molecular weight is 445 g/mol. The van der Waals surface area contributed by atoms with Gasteiger partial charge in [0.1, 0.15) is 6.04 Å². The van der Waals surface area contributed by atoms with Crippen molar-refractivity contribution in [3.63, 3.8) is 0 Å². The molecule has 4 aromatic rings. The quantitative estimate of drug-likeness (QED) is 0.391. The fraction of sp³-hybridized carbons (Fsp3) is 0.120. The van der Waals surface area contributed by atoms with E-state index in [2.05, 4.69) is 56.3 Å². The van der Waals surface area contributed by atoms with Crippen LogP contribution < -0.4 is 10.2 Å². The minimum Gasteiger partial charge on any atom is -0.351 e. The van der Waals surface area contributed by atoms with Crippen molar-refractivity contribution < 1.29 is 0 Å². The molecule has 3 heterocycles. The molecule has 1 aliphatic rings. The molecule has 0 saturated carbocycles. The van der Waals surface area contributed by atoms with E-state index in [0.29, 0.717) is 5.11 Å². The van der Waals surface area contributed by atoms with Crippen molar-refractivity contribution in [3.8, 4) is 5.69 Å². The lowest BCUT2D eigenvalue weighted by molar-refractivity contribution is 0.549. The van der Waals surface area contributed by atoms with Gasteiger partial charge in [-0.25, -0.2) is 0 Å². The Labute approximate surface area is 192 Å². The summed E-state index contributed by atoms with van der Waals surface area (Å²) in [7, 11) is 0. The summed E-state index contributed by atoms with van der Waals surface area (Å²) in [6, 6.07) is 26.4. The molecule has 0 amide bonds. The molecule has 1 saturated heterocycles. The largest absolute Gasteiger partial charge is 0.351 e. The number of nitrogens with zero attached hydrogens (tertiary/aromatic N) is 3. The zero-order valence-electron chi connectivity index (χ0n) is 16.9. The smallest absolute Gasteiger partial charge is 0.174 e. The maximum atomic E-state index is 6.28. The summed E-state index contributed by atoms with van der Waals surface area (Å²) < 4.78 is 2.20. The highest BCUT2D eigenvalue weighted by Gasteiger charge is 2.42. The van der Waals surface area contributed by atoms with Crippen molar-refractivity contribution >= 4 is 34.6 Å². The van der Waals surface area contributed by atoms with Gasteiger partial charge in [0, 0.05) is 34.5 Å². The molecule has 154 valence electrons. The summed E-state index contributed by atoms with van der Waals surface area (Å²) in [5.41, 5.74) is 5.22. The number of anilines is 1. The van der Waals surface area contributed by atoms with E-state index in [1.165, 1.54) is 0 Å². The molecular weight excluding hydrogens is 424 g/mol. The number of aryl methyl sites for hydroxylation is 1. The first-order valence-electron chi connectivity index (χ1n) is 10.1. The number of rotatable bonds is 4. The first-order chi connectivity index (χ1) is 15.1. The first-order valence-corrected chi connectivity index (χ1v) is 10.9. The molecule has 4 nitrogen and oxygen atoms in total. The fourth-order valence-electron chi connectivity index (χ4n) is 4.17. The minimum absolute atomic E-state index is 0.0733. The normalized spacial score (nSPS) is 18.3. The number of hydrogen-bond acceptors (Lipinski definition) is 2. The van der Waals surface area contributed by atoms with Gasteiger partial charge >= 0.3 is 0 Å². The third kappa shape index (κ3) is 3.60. The van der Waals surface area contributed by atoms with Crippen LogP contribution in [0.15, 0.2) is 91.3 Å². The maximum absolute atomic E-state index is 6.28. The number of aromatic nitrogens is 2. The van der Waals surface area contributed by atoms with Crippen LogP contribution in [0.2, 0.25) is 5.02 Å². The lowest BCUT2D eigenvalue weighted by Gasteiger charge is -2.29. The Bertz CT molecular complexity index is 1220. The molecule has 0 spiro atoms. The van der Waals surface area contributed by atoms with Crippen molar-refractivity contribution in [1.82, 2.24) is 14.9 Å². The predicted molar refractivity (Wildman–Crippen MR) is 130 cm³/mol. The second-order valence-electron chi connectivity index (χ2n) is 7.57. The molecule has 0 aliphatic carbocycles. The summed E-state index contributed by atoms with van der Waals surface area (Å²) in [4.78, 5) is 6.82. The SMILES string of the molecule is Cc1cc(-n2cccc2[C@H]2[C@@H](c3ccccn3)NC(=S)N2c2ccccc2)ccc1Cl. The number of hydrogen-bond donors (Lipinski definition) is 1. The molecule has 0 unspecified atom stereocenters. The van der Waals surface area contributed by atoms with Crippen molar-refractivity contribution in [3.05, 3.63) is 113 Å². The van der Waals surface area contributed by atoms with Gasteiger partial charge in [0.05, 0.1) is 11.7 Å². The van der Waals surface area contributed by atoms with E-state index in [9.17, 15) is 0 Å². The molecule has 0 radical (unpaired) electrons. The predicted octanol–water partition coefficient (Wildman–Crippen LogP) is 6.01. The van der Waals surface area contributed by atoms with E-state index in [1.807, 2.05) is 61.7 Å². The van der Waals surface area contributed by atoms with Crippen molar-refractivity contribution in [1.29, 1.82) is 0 Å². The zero-order valence-corrected chi connectivity index (χ0v) is 18.5. The van der Waals surface area contributed by atoms with Gasteiger partial charge in [-0.1, -0.05) is 35.9 Å². The van der Waals surface area contributed by atoms with Gasteiger partial charge in [0.15, 0.2) is 5.11 Å². The Kier molecular flexibility index (Phi) is 5.22. The Morgan fingerprint density at radius 1 is 0.935 bits per heavy atom. The molecule has 1 fully saturated rings. The molecule has 2 aromatic heterocycles. The van der Waals surface area contributed by atoms with Gasteiger partial charge in [-0.3, -0.25) is 4.98 Å². The van der Waals surface area contributed by atoms with Crippen LogP contribution in [-0.4, -0.2) is 14.7 Å². The van der Waals surface area contributed by atoms with Crippen LogP contribution in [0.1, 0.15) is 29.0 Å². The van der Waals surface area contributed by atoms with Gasteiger partial charge in [0.2, 0.25) is 0 Å². The molecule has 2 aromatic carbocycles. The van der Waals surface area contributed by atoms with E-state index in [1.54, 1.807) is 0 Å². The monoisotopic (exact) mass is 444 g/mol. The molecule has 31 heavy (non-hydrogen) atoms. The highest BCUT2D eigenvalue weighted by atomic mass is 35.5. The zero-order chi connectivity index (χ0) is 21.4. The highest BCUT2D eigenvalue weighted by Crippen LogP contribution is 2.42. The number of para-hydroxylation sites is 1. The third-order valence-electron chi connectivity index (χ3n) is 5.64. The van der Waals surface area contributed by atoms with Gasteiger partial charge < -0.3 is 14.8 Å². The Morgan fingerprint density at radius 3 is 2.48 bits per heavy atom. The first kappa shape index (κ1) is 19.8. The molecule has 1 N–H and O–H groups in total. The van der Waals surface area contributed by atoms with Crippen molar-refractivity contribution in [2.24, 2.45) is 0 Å². The van der Waals surface area contributed by atoms with Gasteiger partial charge in [-0.2, -0.15) is 0 Å². The Hall–Kier alpha value is -3.15. The maximum Gasteiger partial charge on any atom is 0.174 e. The van der Waals surface area contributed by atoms with Crippen molar-refractivity contribution in [2.75, 3.05) is 4.90 Å². The number of pyridine rings is 1. The standard InChI is InChI=1S/C25H21ClN4S/c1-17-16-19(12-13-20(17)26)29-15-7-11-22(29)24-23(21-10-5-6-14-27-21)28-25(31)30(24)18-8-3-2-4-9-18/h2-16,23-24H,1H3,(H,28,31)/t23-,24+/m1/s1. The average Bonchev–Trinajstić information content (AvgIpc) is 3.41. The Morgan fingerprint density at radius 2 is 1.74 bits per heavy atom. The summed E-state index contributed by atoms with van der Waals surface area (Å²) >= 11 is 12.1. The molecule has 1 aliphatic heterocycles. The van der Waals surface area contributed by atoms with Crippen LogP contribution in [0, 0.1) is 6.92 Å². The van der Waals surface area contributed by atoms with Crippen LogP contribution in [0.25, 0.3) is 5.69 Å². The van der Waals surface area contributed by atoms with Crippen LogP contribution in [0.5, 0.6) is 0 Å². The van der Waals surface area contributed by atoms with Gasteiger partial charge in [-0.05, 0) is 79.3 Å². The number of halogens is 1. The summed E-state index contributed by atoms with van der Waals surface area (Å²) in [5, 5.41) is 4.97. The summed E-state index contributed by atoms with van der Waals surface area (Å²) in [6.07, 6.45) is 3.90. The van der Waals surface area contributed by atoms with Gasteiger partial charge in [-0.15, -0.1) is 0 Å². The van der Waals surface area contributed by atoms with E-state index < -0.39 is 0 Å². The van der Waals surface area contributed by atoms with E-state index >= 15 is 0 Å². The van der Waals surface area contributed by atoms with Crippen LogP contribution in [0.4, 0.5) is 5.69 Å². The van der Waals surface area contributed by atoms with Crippen LogP contribution >= 0.6 is 23.8 Å². The summed E-state index contributed by atoms with van der Waals surface area (Å²) in [6.45, 7) is 2.02. The minimum atomic E-state index is -0.0871. The van der Waals surface area contributed by atoms with E-state index in [0.717, 1.165) is 33.3 Å². The number of benzene rings is 2. The lowest BCUT2D eigenvalue weighted by Crippen LogP contribution is -2.30. The molecule has 5 rings (SSSR count). The number of nitrogens with one attached hydrogen (secondary N) is 1. The second-order valence-corrected chi connectivity index (χ2v) is 8.36. The third-order valence-corrected chi connectivity index (χ3v) is 6.37. The van der Waals surface area contributed by atoms with Crippen LogP contribution in [0.3, 0.4) is 0 Å². The van der Waals surface area contributed by atoms with E-state index in [4.69, 9.17) is 23.8 Å². The topological polar surface area (TPSA) is 33.1 Å². The number of thiocarbonyl (C=S) groups is 1. The highest BCUT2D eigenvalue weighted by molar-refractivity contribution is 7.80. The fourth-order valence-corrected chi connectivity index (χ4v) is 4.63. The molecular formula is C25H21ClN4S. The summed E-state index contributed by atoms with van der Waals surface area (Å²) in [5.74, 6) is 0. The van der Waals surface area contributed by atoms with Gasteiger partial charge in [0.25, 0.3) is 0 Å². The van der Waals surface area contributed by atoms with Crippen molar-refractivity contribution in [2.45, 2.75) is 19.0 Å². The molecule has 6 heteroatoms.